The Morgan fingerprint density at radius 1 is 1.07 bits per heavy atom. The zero-order valence-corrected chi connectivity index (χ0v) is 18.0. The van der Waals surface area contributed by atoms with Gasteiger partial charge in [0.15, 0.2) is 11.5 Å². The third-order valence-corrected chi connectivity index (χ3v) is 4.94. The number of halogens is 2. The molecule has 3 aromatic carbocycles. The van der Waals surface area contributed by atoms with Crippen molar-refractivity contribution >= 4 is 35.3 Å². The van der Waals surface area contributed by atoms with Gasteiger partial charge in [0, 0.05) is 21.2 Å². The van der Waals surface area contributed by atoms with Gasteiger partial charge >= 0.3 is 0 Å². The molecule has 0 unspecified atom stereocenters. The smallest absolute Gasteiger partial charge is 0.271 e. The summed E-state index contributed by atoms with van der Waals surface area (Å²) in [5.41, 5.74) is 5.55. The Hall–Kier alpha value is -3.02. The third-order valence-electron chi connectivity index (χ3n) is 4.36. The van der Waals surface area contributed by atoms with Crippen molar-refractivity contribution in [2.45, 2.75) is 13.5 Å². The minimum atomic E-state index is -0.267. The highest BCUT2D eigenvalue weighted by Gasteiger charge is 2.09. The van der Waals surface area contributed by atoms with E-state index in [9.17, 15) is 4.79 Å². The van der Waals surface area contributed by atoms with Crippen molar-refractivity contribution < 1.29 is 14.3 Å². The first-order valence-electron chi connectivity index (χ1n) is 9.11. The Bertz CT molecular complexity index is 1080. The maximum atomic E-state index is 12.2. The summed E-state index contributed by atoms with van der Waals surface area (Å²) >= 11 is 12.1. The first kappa shape index (κ1) is 21.7. The lowest BCUT2D eigenvalue weighted by atomic mass is 10.1. The molecule has 3 rings (SSSR count). The first-order valence-corrected chi connectivity index (χ1v) is 9.87. The van der Waals surface area contributed by atoms with Gasteiger partial charge in [-0.15, -0.1) is 0 Å². The predicted octanol–water partition coefficient (Wildman–Crippen LogP) is 5.65. The Kier molecular flexibility index (Phi) is 7.33. The fraction of sp³-hybridized carbons (Fsp3) is 0.130. The SMILES string of the molecule is COc1cc(/C=N\NC(=O)c2ccccc2C)ccc1OCc1ccc(Cl)cc1Cl. The van der Waals surface area contributed by atoms with Gasteiger partial charge in [-0.2, -0.15) is 5.10 Å². The Morgan fingerprint density at radius 3 is 2.60 bits per heavy atom. The maximum Gasteiger partial charge on any atom is 0.271 e. The van der Waals surface area contributed by atoms with Gasteiger partial charge in [-0.1, -0.05) is 47.5 Å². The monoisotopic (exact) mass is 442 g/mol. The van der Waals surface area contributed by atoms with Crippen molar-refractivity contribution in [1.29, 1.82) is 0 Å². The molecule has 0 heterocycles. The van der Waals surface area contributed by atoms with Crippen molar-refractivity contribution in [2.24, 2.45) is 5.10 Å². The fourth-order valence-electron chi connectivity index (χ4n) is 2.73. The highest BCUT2D eigenvalue weighted by molar-refractivity contribution is 6.35. The summed E-state index contributed by atoms with van der Waals surface area (Å²) in [7, 11) is 1.55. The largest absolute Gasteiger partial charge is 0.493 e. The number of ether oxygens (including phenoxy) is 2. The molecule has 0 spiro atoms. The Balaban J connectivity index is 1.65. The minimum absolute atomic E-state index is 0.267. The zero-order chi connectivity index (χ0) is 21.5. The minimum Gasteiger partial charge on any atom is -0.493 e. The van der Waals surface area contributed by atoms with Crippen LogP contribution in [0.2, 0.25) is 10.0 Å². The van der Waals surface area contributed by atoms with Gasteiger partial charge in [-0.25, -0.2) is 5.43 Å². The topological polar surface area (TPSA) is 59.9 Å². The highest BCUT2D eigenvalue weighted by Crippen LogP contribution is 2.29. The third kappa shape index (κ3) is 5.53. The zero-order valence-electron chi connectivity index (χ0n) is 16.5. The van der Waals surface area contributed by atoms with Gasteiger partial charge < -0.3 is 9.47 Å². The molecule has 0 saturated heterocycles. The van der Waals surface area contributed by atoms with Gasteiger partial charge in [-0.05, 0) is 54.4 Å². The summed E-state index contributed by atoms with van der Waals surface area (Å²) in [6.45, 7) is 2.14. The van der Waals surface area contributed by atoms with Crippen molar-refractivity contribution in [1.82, 2.24) is 5.43 Å². The van der Waals surface area contributed by atoms with Gasteiger partial charge in [0.25, 0.3) is 5.91 Å². The van der Waals surface area contributed by atoms with E-state index >= 15 is 0 Å². The summed E-state index contributed by atoms with van der Waals surface area (Å²) in [4.78, 5) is 12.2. The number of rotatable bonds is 7. The van der Waals surface area contributed by atoms with Crippen molar-refractivity contribution in [3.63, 3.8) is 0 Å². The van der Waals surface area contributed by atoms with Crippen LogP contribution in [0.15, 0.2) is 65.8 Å². The highest BCUT2D eigenvalue weighted by atomic mass is 35.5. The summed E-state index contributed by atoms with van der Waals surface area (Å²) < 4.78 is 11.2. The second kappa shape index (κ2) is 10.1. The number of hydrazone groups is 1. The average Bonchev–Trinajstić information content (AvgIpc) is 2.73. The van der Waals surface area contributed by atoms with E-state index in [-0.39, 0.29) is 12.5 Å². The number of nitrogens with one attached hydrogen (secondary N) is 1. The fourth-order valence-corrected chi connectivity index (χ4v) is 3.19. The number of methoxy groups -OCH3 is 1. The molecule has 0 atom stereocenters. The normalized spacial score (nSPS) is 10.8. The summed E-state index contributed by atoms with van der Waals surface area (Å²) in [5.74, 6) is 0.829. The quantitative estimate of drug-likeness (QED) is 0.379. The lowest BCUT2D eigenvalue weighted by molar-refractivity contribution is 0.0954. The van der Waals surface area contributed by atoms with E-state index in [4.69, 9.17) is 32.7 Å². The molecule has 5 nitrogen and oxygen atoms in total. The molecule has 0 aliphatic rings. The number of hydrogen-bond donors (Lipinski definition) is 1. The van der Waals surface area contributed by atoms with Crippen LogP contribution >= 0.6 is 23.2 Å². The summed E-state index contributed by atoms with van der Waals surface area (Å²) in [6.07, 6.45) is 1.54. The van der Waals surface area contributed by atoms with Crippen LogP contribution in [0.4, 0.5) is 0 Å². The first-order chi connectivity index (χ1) is 14.5. The molecule has 0 bridgehead atoms. The molecule has 3 aromatic rings. The van der Waals surface area contributed by atoms with Crippen LogP contribution in [0.5, 0.6) is 11.5 Å². The van der Waals surface area contributed by atoms with Gasteiger partial charge in [0.05, 0.1) is 13.3 Å². The van der Waals surface area contributed by atoms with E-state index in [1.54, 1.807) is 43.7 Å². The molecule has 0 aliphatic heterocycles. The van der Waals surface area contributed by atoms with Gasteiger partial charge in [-0.3, -0.25) is 4.79 Å². The molecule has 0 aromatic heterocycles. The lowest BCUT2D eigenvalue weighted by Crippen LogP contribution is -2.18. The van der Waals surface area contributed by atoms with Gasteiger partial charge in [0.1, 0.15) is 6.61 Å². The average molecular weight is 443 g/mol. The predicted molar refractivity (Wildman–Crippen MR) is 120 cm³/mol. The van der Waals surface area contributed by atoms with Crippen LogP contribution in [-0.4, -0.2) is 19.2 Å². The van der Waals surface area contributed by atoms with Crippen molar-refractivity contribution in [2.75, 3.05) is 7.11 Å². The lowest BCUT2D eigenvalue weighted by Gasteiger charge is -2.12. The number of carbonyl (C=O) groups excluding carboxylic acids is 1. The number of aryl methyl sites for hydroxylation is 1. The summed E-state index contributed by atoms with van der Waals surface area (Å²) in [6, 6.07) is 17.9. The van der Waals surface area contributed by atoms with E-state index in [1.807, 2.05) is 37.3 Å². The van der Waals surface area contributed by atoms with E-state index in [1.165, 1.54) is 0 Å². The molecular weight excluding hydrogens is 423 g/mol. The van der Waals surface area contributed by atoms with Crippen molar-refractivity contribution in [3.05, 3.63) is 93.0 Å². The Labute approximate surface area is 185 Å². The molecule has 0 aliphatic carbocycles. The molecule has 0 saturated carbocycles. The molecule has 30 heavy (non-hydrogen) atoms. The molecule has 0 radical (unpaired) electrons. The second-order valence-electron chi connectivity index (χ2n) is 6.45. The molecule has 1 amide bonds. The van der Waals surface area contributed by atoms with Crippen LogP contribution in [0.1, 0.15) is 27.0 Å². The Morgan fingerprint density at radius 2 is 1.87 bits per heavy atom. The van der Waals surface area contributed by atoms with E-state index in [2.05, 4.69) is 10.5 Å². The van der Waals surface area contributed by atoms with Crippen molar-refractivity contribution in [3.8, 4) is 11.5 Å². The maximum absolute atomic E-state index is 12.2. The van der Waals surface area contributed by atoms with Gasteiger partial charge in [0.2, 0.25) is 0 Å². The van der Waals surface area contributed by atoms with E-state index in [0.717, 1.165) is 16.7 Å². The molecule has 0 fully saturated rings. The second-order valence-corrected chi connectivity index (χ2v) is 7.29. The van der Waals surface area contributed by atoms with Crippen LogP contribution in [-0.2, 0) is 6.61 Å². The van der Waals surface area contributed by atoms with E-state index < -0.39 is 0 Å². The number of hydrogen-bond acceptors (Lipinski definition) is 4. The number of benzene rings is 3. The van der Waals surface area contributed by atoms with Crippen LogP contribution in [0, 0.1) is 6.92 Å². The number of nitrogens with zero attached hydrogens (tertiary/aromatic N) is 1. The summed E-state index contributed by atoms with van der Waals surface area (Å²) in [5, 5.41) is 5.13. The molecule has 154 valence electrons. The standard InChI is InChI=1S/C23H20Cl2N2O3/c1-15-5-3-4-6-19(15)23(28)27-26-13-16-7-10-21(22(11-16)29-2)30-14-17-8-9-18(24)12-20(17)25/h3-13H,14H2,1-2H3,(H,27,28)/b26-13-. The molecule has 1 N–H and O–H groups in total. The molecular formula is C23H20Cl2N2O3. The van der Waals surface area contributed by atoms with Crippen LogP contribution in [0.3, 0.4) is 0 Å². The van der Waals surface area contributed by atoms with Crippen LogP contribution < -0.4 is 14.9 Å². The van der Waals surface area contributed by atoms with E-state index in [0.29, 0.717) is 27.1 Å². The van der Waals surface area contributed by atoms with Crippen LogP contribution in [0.25, 0.3) is 0 Å². The number of amides is 1. The number of carbonyl (C=O) groups is 1. The molecule has 7 heteroatoms.